The van der Waals surface area contributed by atoms with Gasteiger partial charge in [0.15, 0.2) is 11.5 Å². The van der Waals surface area contributed by atoms with Crippen molar-refractivity contribution in [1.82, 2.24) is 5.32 Å². The Labute approximate surface area is 108 Å². The molecule has 1 rings (SSSR count). The minimum atomic E-state index is -0.0105. The van der Waals surface area contributed by atoms with E-state index >= 15 is 0 Å². The molecule has 5 nitrogen and oxygen atoms in total. The second-order valence-electron chi connectivity index (χ2n) is 3.90. The van der Waals surface area contributed by atoms with Crippen LogP contribution in [0.15, 0.2) is 12.1 Å². The number of hydrogen-bond donors (Lipinski definition) is 2. The maximum absolute atomic E-state index is 9.41. The molecule has 1 atom stereocenters. The van der Waals surface area contributed by atoms with Gasteiger partial charge >= 0.3 is 0 Å². The molecule has 2 N–H and O–H groups in total. The van der Waals surface area contributed by atoms with Crippen LogP contribution in [0.1, 0.15) is 11.5 Å². The van der Waals surface area contributed by atoms with Gasteiger partial charge in [0, 0.05) is 12.5 Å². The van der Waals surface area contributed by atoms with Crippen LogP contribution in [0.3, 0.4) is 0 Å². The lowest BCUT2D eigenvalue weighted by Crippen LogP contribution is -2.20. The van der Waals surface area contributed by atoms with Crippen molar-refractivity contribution in [3.63, 3.8) is 0 Å². The topological polar surface area (TPSA) is 60.0 Å². The van der Waals surface area contributed by atoms with Crippen LogP contribution < -0.4 is 19.5 Å². The second-order valence-corrected chi connectivity index (χ2v) is 3.90. The van der Waals surface area contributed by atoms with Crippen molar-refractivity contribution in [2.45, 2.75) is 5.92 Å². The van der Waals surface area contributed by atoms with E-state index < -0.39 is 0 Å². The van der Waals surface area contributed by atoms with Crippen LogP contribution in [-0.2, 0) is 0 Å². The molecule has 0 aliphatic heterocycles. The van der Waals surface area contributed by atoms with Gasteiger partial charge in [-0.15, -0.1) is 0 Å². The number of rotatable bonds is 7. The molecule has 0 heterocycles. The Morgan fingerprint density at radius 1 is 1.11 bits per heavy atom. The highest BCUT2D eigenvalue weighted by Crippen LogP contribution is 2.39. The first-order chi connectivity index (χ1) is 8.71. The summed E-state index contributed by atoms with van der Waals surface area (Å²) in [5.41, 5.74) is 0.946. The molecule has 0 aromatic heterocycles. The van der Waals surface area contributed by atoms with Crippen LogP contribution in [0, 0.1) is 0 Å². The molecule has 0 radical (unpaired) electrons. The largest absolute Gasteiger partial charge is 0.493 e. The van der Waals surface area contributed by atoms with Crippen LogP contribution >= 0.6 is 0 Å². The highest BCUT2D eigenvalue weighted by atomic mass is 16.5. The molecule has 0 aliphatic carbocycles. The average Bonchev–Trinajstić information content (AvgIpc) is 2.42. The SMILES string of the molecule is CNCC(CO)c1cc(OC)c(OC)c(OC)c1. The summed E-state index contributed by atoms with van der Waals surface area (Å²) in [6.07, 6.45) is 0. The fourth-order valence-corrected chi connectivity index (χ4v) is 1.87. The molecular formula is C13H21NO4. The van der Waals surface area contributed by atoms with E-state index in [-0.39, 0.29) is 12.5 Å². The van der Waals surface area contributed by atoms with Crippen LogP contribution in [0.5, 0.6) is 17.2 Å². The third-order valence-electron chi connectivity index (χ3n) is 2.83. The van der Waals surface area contributed by atoms with Crippen molar-refractivity contribution in [2.75, 3.05) is 41.5 Å². The van der Waals surface area contributed by atoms with Gasteiger partial charge in [-0.1, -0.05) is 0 Å². The second kappa shape index (κ2) is 7.08. The maximum Gasteiger partial charge on any atom is 0.203 e. The minimum Gasteiger partial charge on any atom is -0.493 e. The highest BCUT2D eigenvalue weighted by Gasteiger charge is 2.17. The van der Waals surface area contributed by atoms with Gasteiger partial charge in [0.25, 0.3) is 0 Å². The summed E-state index contributed by atoms with van der Waals surface area (Å²) in [5.74, 6) is 1.75. The van der Waals surface area contributed by atoms with Gasteiger partial charge in [-0.2, -0.15) is 0 Å². The summed E-state index contributed by atoms with van der Waals surface area (Å²) < 4.78 is 15.8. The van der Waals surface area contributed by atoms with Crippen LogP contribution in [-0.4, -0.2) is 46.6 Å². The zero-order valence-electron chi connectivity index (χ0n) is 11.3. The highest BCUT2D eigenvalue weighted by molar-refractivity contribution is 5.54. The lowest BCUT2D eigenvalue weighted by Gasteiger charge is -2.18. The number of ether oxygens (including phenoxy) is 3. The van der Waals surface area contributed by atoms with Crippen molar-refractivity contribution in [2.24, 2.45) is 0 Å². The van der Waals surface area contributed by atoms with Gasteiger partial charge in [-0.25, -0.2) is 0 Å². The third kappa shape index (κ3) is 3.05. The van der Waals surface area contributed by atoms with Crippen LogP contribution in [0.4, 0.5) is 0 Å². The number of likely N-dealkylation sites (N-methyl/N-ethyl adjacent to an activating group) is 1. The number of aliphatic hydroxyl groups is 1. The monoisotopic (exact) mass is 255 g/mol. The van der Waals surface area contributed by atoms with Gasteiger partial charge in [0.1, 0.15) is 0 Å². The summed E-state index contributed by atoms with van der Waals surface area (Å²) in [6.45, 7) is 0.731. The molecule has 1 aromatic carbocycles. The lowest BCUT2D eigenvalue weighted by atomic mass is 9.99. The predicted octanol–water partition coefficient (Wildman–Crippen LogP) is 1.01. The molecule has 102 valence electrons. The molecule has 0 saturated carbocycles. The van der Waals surface area contributed by atoms with E-state index in [1.807, 2.05) is 19.2 Å². The van der Waals surface area contributed by atoms with E-state index in [9.17, 15) is 5.11 Å². The maximum atomic E-state index is 9.41. The standard InChI is InChI=1S/C13H21NO4/c1-14-7-10(8-15)9-5-11(16-2)13(18-4)12(6-9)17-3/h5-6,10,14-15H,7-8H2,1-4H3. The van der Waals surface area contributed by atoms with Crippen LogP contribution in [0.25, 0.3) is 0 Å². The molecule has 1 aromatic rings. The summed E-state index contributed by atoms with van der Waals surface area (Å²) >= 11 is 0. The smallest absolute Gasteiger partial charge is 0.203 e. The van der Waals surface area contributed by atoms with Gasteiger partial charge in [0.05, 0.1) is 27.9 Å². The van der Waals surface area contributed by atoms with Gasteiger partial charge < -0.3 is 24.6 Å². The Hall–Kier alpha value is -1.46. The van der Waals surface area contributed by atoms with E-state index in [1.54, 1.807) is 21.3 Å². The van der Waals surface area contributed by atoms with E-state index in [4.69, 9.17) is 14.2 Å². The number of nitrogens with one attached hydrogen (secondary N) is 1. The number of benzene rings is 1. The van der Waals surface area contributed by atoms with Crippen LogP contribution in [0.2, 0.25) is 0 Å². The fraction of sp³-hybridized carbons (Fsp3) is 0.538. The predicted molar refractivity (Wildman–Crippen MR) is 69.9 cm³/mol. The molecule has 0 saturated heterocycles. The molecule has 0 amide bonds. The first-order valence-electron chi connectivity index (χ1n) is 5.77. The molecule has 0 aliphatic rings. The first-order valence-corrected chi connectivity index (χ1v) is 5.77. The number of methoxy groups -OCH3 is 3. The minimum absolute atomic E-state index is 0.0105. The van der Waals surface area contributed by atoms with Gasteiger partial charge in [0.2, 0.25) is 5.75 Å². The zero-order valence-corrected chi connectivity index (χ0v) is 11.3. The molecule has 0 fully saturated rings. The normalized spacial score (nSPS) is 12.1. The third-order valence-corrected chi connectivity index (χ3v) is 2.83. The number of hydrogen-bond acceptors (Lipinski definition) is 5. The van der Waals surface area contributed by atoms with Crippen molar-refractivity contribution < 1.29 is 19.3 Å². The summed E-state index contributed by atoms with van der Waals surface area (Å²) in [4.78, 5) is 0. The average molecular weight is 255 g/mol. The van der Waals surface area contributed by atoms with Crippen molar-refractivity contribution in [1.29, 1.82) is 0 Å². The van der Waals surface area contributed by atoms with Crippen molar-refractivity contribution in [3.05, 3.63) is 17.7 Å². The molecule has 18 heavy (non-hydrogen) atoms. The molecule has 0 spiro atoms. The lowest BCUT2D eigenvalue weighted by molar-refractivity contribution is 0.262. The zero-order chi connectivity index (χ0) is 13.5. The first kappa shape index (κ1) is 14.6. The molecule has 5 heteroatoms. The quantitative estimate of drug-likeness (QED) is 0.761. The van der Waals surface area contributed by atoms with E-state index in [0.29, 0.717) is 23.8 Å². The van der Waals surface area contributed by atoms with Gasteiger partial charge in [-0.3, -0.25) is 0 Å². The van der Waals surface area contributed by atoms with Crippen molar-refractivity contribution >= 4 is 0 Å². The fourth-order valence-electron chi connectivity index (χ4n) is 1.87. The van der Waals surface area contributed by atoms with Gasteiger partial charge in [-0.05, 0) is 24.7 Å². The van der Waals surface area contributed by atoms with E-state index in [2.05, 4.69) is 5.32 Å². The Bertz CT molecular complexity index is 356. The van der Waals surface area contributed by atoms with Crippen molar-refractivity contribution in [3.8, 4) is 17.2 Å². The van der Waals surface area contributed by atoms with E-state index in [1.165, 1.54) is 0 Å². The summed E-state index contributed by atoms with van der Waals surface area (Å²) in [7, 11) is 6.57. The Morgan fingerprint density at radius 3 is 2.00 bits per heavy atom. The Balaban J connectivity index is 3.21. The molecule has 0 bridgehead atoms. The number of aliphatic hydroxyl groups excluding tert-OH is 1. The Kier molecular flexibility index (Phi) is 5.74. The molecule has 1 unspecified atom stereocenters. The molecular weight excluding hydrogens is 234 g/mol. The summed E-state index contributed by atoms with van der Waals surface area (Å²) in [6, 6.07) is 3.72. The summed E-state index contributed by atoms with van der Waals surface area (Å²) in [5, 5.41) is 12.5. The Morgan fingerprint density at radius 2 is 1.67 bits per heavy atom. The van der Waals surface area contributed by atoms with E-state index in [0.717, 1.165) is 5.56 Å².